The molecular weight excluding hydrogens is 248 g/mol. The molecule has 1 aromatic heterocycles. The number of thiophene rings is 1. The van der Waals surface area contributed by atoms with Crippen LogP contribution in [0.1, 0.15) is 48.8 Å². The molecule has 3 nitrogen and oxygen atoms in total. The minimum Gasteiger partial charge on any atom is -0.479 e. The number of hydrogen-bond acceptors (Lipinski definition) is 3. The molecule has 1 heterocycles. The van der Waals surface area contributed by atoms with E-state index in [4.69, 9.17) is 0 Å². The molecule has 0 saturated heterocycles. The van der Waals surface area contributed by atoms with E-state index in [9.17, 15) is 15.0 Å². The lowest BCUT2D eigenvalue weighted by Gasteiger charge is -2.34. The van der Waals surface area contributed by atoms with Crippen LogP contribution in [0.2, 0.25) is 0 Å². The average Bonchev–Trinajstić information content (AvgIpc) is 2.87. The molecule has 0 bridgehead atoms. The van der Waals surface area contributed by atoms with Gasteiger partial charge in [-0.2, -0.15) is 0 Å². The summed E-state index contributed by atoms with van der Waals surface area (Å²) in [6.07, 6.45) is 5.69. The molecule has 18 heavy (non-hydrogen) atoms. The van der Waals surface area contributed by atoms with Gasteiger partial charge in [0.25, 0.3) is 0 Å². The zero-order valence-electron chi connectivity index (χ0n) is 10.7. The van der Waals surface area contributed by atoms with Crippen molar-refractivity contribution in [3.05, 3.63) is 21.9 Å². The Bertz CT molecular complexity index is 420. The molecule has 1 unspecified atom stereocenters. The molecule has 0 radical (unpaired) electrons. The standard InChI is InChI=1S/C14H20O3S/c1-2-11-8-9-12(18-11)14(17,13(15)16)10-6-4-3-5-7-10/h8-10,17H,2-7H2,1H3,(H,15,16). The summed E-state index contributed by atoms with van der Waals surface area (Å²) in [4.78, 5) is 13.3. The highest BCUT2D eigenvalue weighted by Gasteiger charge is 2.46. The number of aliphatic carboxylic acids is 1. The highest BCUT2D eigenvalue weighted by molar-refractivity contribution is 7.12. The van der Waals surface area contributed by atoms with Crippen LogP contribution < -0.4 is 0 Å². The Morgan fingerprint density at radius 1 is 1.39 bits per heavy atom. The number of hydrogen-bond donors (Lipinski definition) is 2. The van der Waals surface area contributed by atoms with Crippen LogP contribution in [0.15, 0.2) is 12.1 Å². The van der Waals surface area contributed by atoms with Gasteiger partial charge in [0.2, 0.25) is 0 Å². The Hall–Kier alpha value is -0.870. The van der Waals surface area contributed by atoms with Crippen molar-refractivity contribution >= 4 is 17.3 Å². The summed E-state index contributed by atoms with van der Waals surface area (Å²) in [7, 11) is 0. The predicted molar refractivity (Wildman–Crippen MR) is 71.8 cm³/mol. The zero-order chi connectivity index (χ0) is 13.2. The molecule has 2 rings (SSSR count). The first kappa shape index (κ1) is 13.6. The second kappa shape index (κ2) is 5.41. The molecule has 4 heteroatoms. The second-order valence-electron chi connectivity index (χ2n) is 5.03. The van der Waals surface area contributed by atoms with E-state index in [1.54, 1.807) is 6.07 Å². The fourth-order valence-electron chi connectivity index (χ4n) is 2.77. The summed E-state index contributed by atoms with van der Waals surface area (Å²) in [6.45, 7) is 2.04. The van der Waals surface area contributed by atoms with Gasteiger partial charge in [0, 0.05) is 15.7 Å². The fourth-order valence-corrected chi connectivity index (χ4v) is 3.88. The van der Waals surface area contributed by atoms with Crippen molar-refractivity contribution in [2.45, 2.75) is 51.0 Å². The zero-order valence-corrected chi connectivity index (χ0v) is 11.5. The molecule has 0 amide bonds. The first-order valence-electron chi connectivity index (χ1n) is 6.64. The van der Waals surface area contributed by atoms with Crippen LogP contribution in [-0.2, 0) is 16.8 Å². The number of carboxylic acids is 1. The van der Waals surface area contributed by atoms with Crippen LogP contribution in [0.4, 0.5) is 0 Å². The fraction of sp³-hybridized carbons (Fsp3) is 0.643. The van der Waals surface area contributed by atoms with Crippen LogP contribution >= 0.6 is 11.3 Å². The summed E-state index contributed by atoms with van der Waals surface area (Å²) in [5.41, 5.74) is -1.68. The normalized spacial score (nSPS) is 20.6. The topological polar surface area (TPSA) is 57.5 Å². The van der Waals surface area contributed by atoms with Gasteiger partial charge in [0.1, 0.15) is 0 Å². The Labute approximate surface area is 111 Å². The lowest BCUT2D eigenvalue weighted by Crippen LogP contribution is -2.43. The number of rotatable bonds is 4. The van der Waals surface area contributed by atoms with Gasteiger partial charge >= 0.3 is 5.97 Å². The van der Waals surface area contributed by atoms with Crippen molar-refractivity contribution in [3.8, 4) is 0 Å². The molecule has 1 atom stereocenters. The van der Waals surface area contributed by atoms with Crippen LogP contribution in [0.25, 0.3) is 0 Å². The highest BCUT2D eigenvalue weighted by atomic mass is 32.1. The van der Waals surface area contributed by atoms with E-state index in [1.165, 1.54) is 11.3 Å². The minimum atomic E-state index is -1.68. The summed E-state index contributed by atoms with van der Waals surface area (Å²) in [6, 6.07) is 3.71. The van der Waals surface area contributed by atoms with E-state index >= 15 is 0 Å². The Kier molecular flexibility index (Phi) is 4.07. The van der Waals surface area contributed by atoms with E-state index in [-0.39, 0.29) is 5.92 Å². The largest absolute Gasteiger partial charge is 0.479 e. The maximum atomic E-state index is 11.6. The lowest BCUT2D eigenvalue weighted by molar-refractivity contribution is -0.168. The van der Waals surface area contributed by atoms with Gasteiger partial charge in [-0.05, 0) is 31.4 Å². The smallest absolute Gasteiger partial charge is 0.341 e. The maximum absolute atomic E-state index is 11.6. The van der Waals surface area contributed by atoms with Gasteiger partial charge in [-0.25, -0.2) is 4.79 Å². The van der Waals surface area contributed by atoms with Crippen LogP contribution in [-0.4, -0.2) is 16.2 Å². The number of carboxylic acid groups (broad SMARTS) is 1. The summed E-state index contributed by atoms with van der Waals surface area (Å²) < 4.78 is 0. The molecular formula is C14H20O3S. The molecule has 0 aromatic carbocycles. The first-order chi connectivity index (χ1) is 8.59. The monoisotopic (exact) mass is 268 g/mol. The second-order valence-corrected chi connectivity index (χ2v) is 6.19. The molecule has 1 fully saturated rings. The Balaban J connectivity index is 2.33. The van der Waals surface area contributed by atoms with Crippen molar-refractivity contribution in [3.63, 3.8) is 0 Å². The molecule has 1 saturated carbocycles. The van der Waals surface area contributed by atoms with Gasteiger partial charge in [-0.15, -0.1) is 11.3 Å². The molecule has 0 spiro atoms. The summed E-state index contributed by atoms with van der Waals surface area (Å²) in [5, 5.41) is 20.2. The molecule has 0 aliphatic heterocycles. The SMILES string of the molecule is CCc1ccc(C(O)(C(=O)O)C2CCCCC2)s1. The van der Waals surface area contributed by atoms with Crippen molar-refractivity contribution in [2.24, 2.45) is 5.92 Å². The Morgan fingerprint density at radius 3 is 2.56 bits per heavy atom. The van der Waals surface area contributed by atoms with E-state index in [0.29, 0.717) is 4.88 Å². The molecule has 100 valence electrons. The average molecular weight is 268 g/mol. The third kappa shape index (κ3) is 2.31. The van der Waals surface area contributed by atoms with Gasteiger partial charge in [-0.1, -0.05) is 26.2 Å². The lowest BCUT2D eigenvalue weighted by atomic mass is 9.76. The molecule has 1 aliphatic carbocycles. The van der Waals surface area contributed by atoms with E-state index in [1.807, 2.05) is 13.0 Å². The van der Waals surface area contributed by atoms with Crippen molar-refractivity contribution < 1.29 is 15.0 Å². The molecule has 2 N–H and O–H groups in total. The van der Waals surface area contributed by atoms with Gasteiger partial charge < -0.3 is 10.2 Å². The Morgan fingerprint density at radius 2 is 2.06 bits per heavy atom. The van der Waals surface area contributed by atoms with E-state index < -0.39 is 11.6 Å². The number of aryl methyl sites for hydroxylation is 1. The molecule has 1 aromatic rings. The van der Waals surface area contributed by atoms with E-state index in [2.05, 4.69) is 0 Å². The third-order valence-corrected chi connectivity index (χ3v) is 5.26. The van der Waals surface area contributed by atoms with Crippen molar-refractivity contribution in [1.29, 1.82) is 0 Å². The van der Waals surface area contributed by atoms with E-state index in [0.717, 1.165) is 43.4 Å². The predicted octanol–water partition coefficient (Wildman–Crippen LogP) is 3.16. The van der Waals surface area contributed by atoms with Gasteiger partial charge in [0.15, 0.2) is 5.60 Å². The first-order valence-corrected chi connectivity index (χ1v) is 7.45. The van der Waals surface area contributed by atoms with Gasteiger partial charge in [0.05, 0.1) is 0 Å². The quantitative estimate of drug-likeness (QED) is 0.882. The number of carbonyl (C=O) groups is 1. The summed E-state index contributed by atoms with van der Waals surface area (Å²) in [5.74, 6) is -1.24. The van der Waals surface area contributed by atoms with Crippen molar-refractivity contribution in [2.75, 3.05) is 0 Å². The number of aliphatic hydroxyl groups is 1. The summed E-state index contributed by atoms with van der Waals surface area (Å²) >= 11 is 1.43. The third-order valence-electron chi connectivity index (χ3n) is 3.91. The maximum Gasteiger partial charge on any atom is 0.341 e. The van der Waals surface area contributed by atoms with Crippen LogP contribution in [0.3, 0.4) is 0 Å². The van der Waals surface area contributed by atoms with Gasteiger partial charge in [-0.3, -0.25) is 0 Å². The highest BCUT2D eigenvalue weighted by Crippen LogP contribution is 2.42. The minimum absolute atomic E-state index is 0.146. The van der Waals surface area contributed by atoms with Crippen LogP contribution in [0.5, 0.6) is 0 Å². The van der Waals surface area contributed by atoms with Crippen molar-refractivity contribution in [1.82, 2.24) is 0 Å². The molecule has 1 aliphatic rings. The van der Waals surface area contributed by atoms with Crippen LogP contribution in [0, 0.1) is 5.92 Å².